The predicted octanol–water partition coefficient (Wildman–Crippen LogP) is 2.34. The smallest absolute Gasteiger partial charge is 0.309 e. The molecule has 0 saturated carbocycles. The zero-order chi connectivity index (χ0) is 15.2. The van der Waals surface area contributed by atoms with Gasteiger partial charge in [0.15, 0.2) is 6.61 Å². The first-order valence-corrected chi connectivity index (χ1v) is 6.57. The average Bonchev–Trinajstić information content (AvgIpc) is 2.36. The number of rotatable bonds is 7. The van der Waals surface area contributed by atoms with Crippen LogP contribution in [0.15, 0.2) is 24.3 Å². The monoisotopic (exact) mass is 299 g/mol. The van der Waals surface area contributed by atoms with Crippen LogP contribution in [0.4, 0.5) is 0 Å². The van der Waals surface area contributed by atoms with Crippen molar-refractivity contribution in [2.75, 3.05) is 13.2 Å². The van der Waals surface area contributed by atoms with Gasteiger partial charge in [-0.15, -0.1) is 0 Å². The number of aliphatic carboxylic acids is 1. The molecule has 0 saturated heterocycles. The summed E-state index contributed by atoms with van der Waals surface area (Å²) in [5.74, 6) is -0.674. The Balaban J connectivity index is 2.29. The van der Waals surface area contributed by atoms with Crippen molar-refractivity contribution in [1.82, 2.24) is 5.32 Å². The van der Waals surface area contributed by atoms with E-state index >= 15 is 0 Å². The minimum absolute atomic E-state index is 0.131. The van der Waals surface area contributed by atoms with Crippen molar-refractivity contribution in [2.24, 2.45) is 5.41 Å². The minimum Gasteiger partial charge on any atom is -0.484 e. The van der Waals surface area contributed by atoms with E-state index in [4.69, 9.17) is 21.4 Å². The molecule has 1 aromatic rings. The highest BCUT2D eigenvalue weighted by Crippen LogP contribution is 2.19. The minimum atomic E-state index is -0.887. The topological polar surface area (TPSA) is 75.6 Å². The van der Waals surface area contributed by atoms with Crippen LogP contribution < -0.4 is 10.1 Å². The maximum Gasteiger partial charge on any atom is 0.309 e. The SMILES string of the molecule is CC(C)(CCNC(=O)COc1cccc(Cl)c1)C(=O)O. The number of benzene rings is 1. The number of carboxylic acids is 1. The number of ether oxygens (including phenoxy) is 1. The molecule has 6 heteroatoms. The van der Waals surface area contributed by atoms with Gasteiger partial charge in [-0.1, -0.05) is 17.7 Å². The summed E-state index contributed by atoms with van der Waals surface area (Å²) in [6, 6.07) is 6.75. The summed E-state index contributed by atoms with van der Waals surface area (Å²) in [5.41, 5.74) is -0.860. The summed E-state index contributed by atoms with van der Waals surface area (Å²) in [7, 11) is 0. The molecule has 0 aromatic heterocycles. The summed E-state index contributed by atoms with van der Waals surface area (Å²) in [6.45, 7) is 3.39. The molecule has 1 aromatic carbocycles. The summed E-state index contributed by atoms with van der Waals surface area (Å²) in [4.78, 5) is 22.4. The van der Waals surface area contributed by atoms with Gasteiger partial charge in [0.1, 0.15) is 5.75 Å². The van der Waals surface area contributed by atoms with Crippen LogP contribution in [0.1, 0.15) is 20.3 Å². The van der Waals surface area contributed by atoms with E-state index in [1.807, 2.05) is 0 Å². The van der Waals surface area contributed by atoms with Gasteiger partial charge in [-0.25, -0.2) is 0 Å². The number of hydrogen-bond acceptors (Lipinski definition) is 3. The standard InChI is InChI=1S/C14H18ClNO4/c1-14(2,13(18)19)6-7-16-12(17)9-20-11-5-3-4-10(15)8-11/h3-5,8H,6-7,9H2,1-2H3,(H,16,17)(H,18,19). The summed E-state index contributed by atoms with van der Waals surface area (Å²) in [5, 5.41) is 12.1. The molecule has 0 spiro atoms. The van der Waals surface area contributed by atoms with E-state index < -0.39 is 11.4 Å². The van der Waals surface area contributed by atoms with Crippen molar-refractivity contribution in [3.05, 3.63) is 29.3 Å². The molecular weight excluding hydrogens is 282 g/mol. The van der Waals surface area contributed by atoms with Gasteiger partial charge in [-0.2, -0.15) is 0 Å². The first kappa shape index (κ1) is 16.3. The van der Waals surface area contributed by atoms with E-state index in [-0.39, 0.29) is 19.1 Å². The summed E-state index contributed by atoms with van der Waals surface area (Å²) in [6.07, 6.45) is 0.352. The predicted molar refractivity (Wildman–Crippen MR) is 76.0 cm³/mol. The maximum absolute atomic E-state index is 11.5. The van der Waals surface area contributed by atoms with E-state index in [2.05, 4.69) is 5.32 Å². The van der Waals surface area contributed by atoms with Crippen LogP contribution in [0.3, 0.4) is 0 Å². The molecule has 5 nitrogen and oxygen atoms in total. The Hall–Kier alpha value is -1.75. The van der Waals surface area contributed by atoms with Gasteiger partial charge in [0.25, 0.3) is 5.91 Å². The van der Waals surface area contributed by atoms with E-state index in [0.29, 0.717) is 17.2 Å². The number of hydrogen-bond donors (Lipinski definition) is 2. The molecule has 20 heavy (non-hydrogen) atoms. The molecule has 1 amide bonds. The number of nitrogens with one attached hydrogen (secondary N) is 1. The second-order valence-electron chi connectivity index (χ2n) is 5.04. The Kier molecular flexibility index (Phi) is 5.82. The first-order chi connectivity index (χ1) is 9.31. The van der Waals surface area contributed by atoms with Gasteiger partial charge in [0.05, 0.1) is 5.41 Å². The highest BCUT2D eigenvalue weighted by molar-refractivity contribution is 6.30. The fraction of sp³-hybridized carbons (Fsp3) is 0.429. The van der Waals surface area contributed by atoms with Gasteiger partial charge in [0.2, 0.25) is 0 Å². The second-order valence-corrected chi connectivity index (χ2v) is 5.47. The van der Waals surface area contributed by atoms with Crippen molar-refractivity contribution in [1.29, 1.82) is 0 Å². The molecule has 0 bridgehead atoms. The molecule has 0 unspecified atom stereocenters. The lowest BCUT2D eigenvalue weighted by atomic mass is 9.90. The highest BCUT2D eigenvalue weighted by Gasteiger charge is 2.26. The van der Waals surface area contributed by atoms with E-state index in [1.165, 1.54) is 0 Å². The van der Waals surface area contributed by atoms with Crippen molar-refractivity contribution < 1.29 is 19.4 Å². The van der Waals surface area contributed by atoms with Crippen LogP contribution in [0, 0.1) is 5.41 Å². The molecule has 0 aliphatic rings. The van der Waals surface area contributed by atoms with Crippen LogP contribution in [-0.2, 0) is 9.59 Å². The molecule has 0 heterocycles. The maximum atomic E-state index is 11.5. The van der Waals surface area contributed by atoms with Crippen LogP contribution in [-0.4, -0.2) is 30.1 Å². The van der Waals surface area contributed by atoms with Crippen molar-refractivity contribution in [2.45, 2.75) is 20.3 Å². The van der Waals surface area contributed by atoms with E-state index in [1.54, 1.807) is 38.1 Å². The van der Waals surface area contributed by atoms with Crippen LogP contribution in [0.5, 0.6) is 5.75 Å². The van der Waals surface area contributed by atoms with E-state index in [9.17, 15) is 9.59 Å². The molecule has 0 aliphatic carbocycles. The fourth-order valence-corrected chi connectivity index (χ4v) is 1.56. The van der Waals surface area contributed by atoms with Crippen molar-refractivity contribution >= 4 is 23.5 Å². The van der Waals surface area contributed by atoms with Crippen molar-refractivity contribution in [3.63, 3.8) is 0 Å². The average molecular weight is 300 g/mol. The number of carbonyl (C=O) groups is 2. The fourth-order valence-electron chi connectivity index (χ4n) is 1.38. The molecule has 0 atom stereocenters. The number of amides is 1. The second kappa shape index (κ2) is 7.14. The number of carbonyl (C=O) groups excluding carboxylic acids is 1. The Bertz CT molecular complexity index is 488. The molecule has 1 rings (SSSR count). The van der Waals surface area contributed by atoms with Crippen LogP contribution in [0.2, 0.25) is 5.02 Å². The first-order valence-electron chi connectivity index (χ1n) is 6.20. The van der Waals surface area contributed by atoms with Gasteiger partial charge in [-0.05, 0) is 38.5 Å². The van der Waals surface area contributed by atoms with Crippen LogP contribution in [0.25, 0.3) is 0 Å². The third-order valence-electron chi connectivity index (χ3n) is 2.82. The lowest BCUT2D eigenvalue weighted by Gasteiger charge is -2.18. The Labute approximate surface area is 122 Å². The molecule has 0 aliphatic heterocycles. The number of carboxylic acid groups (broad SMARTS) is 1. The Morgan fingerprint density at radius 1 is 1.40 bits per heavy atom. The zero-order valence-corrected chi connectivity index (χ0v) is 12.2. The molecule has 2 N–H and O–H groups in total. The summed E-state index contributed by atoms with van der Waals surface area (Å²) >= 11 is 5.79. The lowest BCUT2D eigenvalue weighted by molar-refractivity contribution is -0.147. The zero-order valence-electron chi connectivity index (χ0n) is 11.5. The van der Waals surface area contributed by atoms with Gasteiger partial charge < -0.3 is 15.2 Å². The van der Waals surface area contributed by atoms with Gasteiger partial charge in [0, 0.05) is 11.6 Å². The summed E-state index contributed by atoms with van der Waals surface area (Å²) < 4.78 is 5.27. The lowest BCUT2D eigenvalue weighted by Crippen LogP contribution is -2.34. The van der Waals surface area contributed by atoms with E-state index in [0.717, 1.165) is 0 Å². The molecule has 0 radical (unpaired) electrons. The normalized spacial score (nSPS) is 10.9. The largest absolute Gasteiger partial charge is 0.484 e. The molecule has 110 valence electrons. The van der Waals surface area contributed by atoms with Crippen molar-refractivity contribution in [3.8, 4) is 5.75 Å². The molecular formula is C14H18ClNO4. The van der Waals surface area contributed by atoms with Crippen LogP contribution >= 0.6 is 11.6 Å². The third kappa shape index (κ3) is 5.48. The Morgan fingerprint density at radius 3 is 2.70 bits per heavy atom. The highest BCUT2D eigenvalue weighted by atomic mass is 35.5. The quantitative estimate of drug-likeness (QED) is 0.810. The Morgan fingerprint density at radius 2 is 2.10 bits per heavy atom. The number of halogens is 1. The third-order valence-corrected chi connectivity index (χ3v) is 3.05. The molecule has 0 fully saturated rings. The van der Waals surface area contributed by atoms with Gasteiger partial charge in [-0.3, -0.25) is 9.59 Å². The van der Waals surface area contributed by atoms with Gasteiger partial charge >= 0.3 is 5.97 Å².